The molecule has 3 rings (SSSR count). The molecule has 0 saturated carbocycles. The van der Waals surface area contributed by atoms with Crippen molar-refractivity contribution in [2.45, 2.75) is 0 Å². The minimum absolute atomic E-state index is 0.125. The fourth-order valence-electron chi connectivity index (χ4n) is 1.60. The molecule has 1 aromatic carbocycles. The first-order chi connectivity index (χ1) is 8.33. The quantitative estimate of drug-likeness (QED) is 0.735. The molecule has 0 atom stereocenters. The van der Waals surface area contributed by atoms with Crippen LogP contribution in [0.4, 0.5) is 4.39 Å². The van der Waals surface area contributed by atoms with E-state index < -0.39 is 5.82 Å². The van der Waals surface area contributed by atoms with E-state index in [2.05, 4.69) is 15.0 Å². The summed E-state index contributed by atoms with van der Waals surface area (Å²) in [7, 11) is 0. The molecule has 5 heteroatoms. The van der Waals surface area contributed by atoms with Gasteiger partial charge in [-0.3, -0.25) is 0 Å². The number of hydrogen-bond donors (Lipinski definition) is 1. The summed E-state index contributed by atoms with van der Waals surface area (Å²) in [6, 6.07) is 7.63. The Kier molecular flexibility index (Phi) is 2.22. The van der Waals surface area contributed by atoms with Gasteiger partial charge in [-0.15, -0.1) is 0 Å². The van der Waals surface area contributed by atoms with Crippen molar-refractivity contribution in [2.75, 3.05) is 0 Å². The van der Waals surface area contributed by atoms with Crippen LogP contribution in [0.25, 0.3) is 10.9 Å². The van der Waals surface area contributed by atoms with Gasteiger partial charge in [0.1, 0.15) is 5.75 Å². The monoisotopic (exact) mass is 229 g/mol. The van der Waals surface area contributed by atoms with Gasteiger partial charge in [0.05, 0.1) is 12.4 Å². The second kappa shape index (κ2) is 3.86. The van der Waals surface area contributed by atoms with Crippen LogP contribution in [0, 0.1) is 5.82 Å². The molecule has 0 spiro atoms. The molecule has 0 bridgehead atoms. The normalized spacial score (nSPS) is 10.6. The third-order valence-electron chi connectivity index (χ3n) is 2.35. The van der Waals surface area contributed by atoms with Crippen molar-refractivity contribution in [2.24, 2.45) is 0 Å². The van der Waals surface area contributed by atoms with Crippen molar-refractivity contribution in [3.8, 4) is 11.8 Å². The van der Waals surface area contributed by atoms with E-state index >= 15 is 0 Å². The van der Waals surface area contributed by atoms with Crippen LogP contribution in [0.15, 0.2) is 42.9 Å². The topological polar surface area (TPSA) is 50.8 Å². The Bertz CT molecular complexity index is 648. The van der Waals surface area contributed by atoms with Crippen molar-refractivity contribution in [3.63, 3.8) is 0 Å². The van der Waals surface area contributed by atoms with Crippen molar-refractivity contribution in [1.29, 1.82) is 0 Å². The Morgan fingerprint density at radius 2 is 1.94 bits per heavy atom. The van der Waals surface area contributed by atoms with E-state index in [1.165, 1.54) is 0 Å². The molecular weight excluding hydrogens is 221 g/mol. The minimum Gasteiger partial charge on any atom is -0.424 e. The highest BCUT2D eigenvalue weighted by molar-refractivity contribution is 5.85. The number of aromatic amines is 1. The number of nitrogens with one attached hydrogen (secondary N) is 1. The minimum atomic E-state index is -0.489. The Morgan fingerprint density at radius 3 is 2.76 bits per heavy atom. The van der Waals surface area contributed by atoms with Gasteiger partial charge in [0.2, 0.25) is 0 Å². The summed E-state index contributed by atoms with van der Waals surface area (Å²) in [5, 5.41) is 0.931. The molecule has 2 aromatic heterocycles. The number of fused-ring (bicyclic) bond motifs is 1. The third-order valence-corrected chi connectivity index (χ3v) is 2.35. The van der Waals surface area contributed by atoms with Gasteiger partial charge in [0.25, 0.3) is 0 Å². The zero-order chi connectivity index (χ0) is 11.7. The summed E-state index contributed by atoms with van der Waals surface area (Å²) >= 11 is 0. The van der Waals surface area contributed by atoms with Crippen LogP contribution < -0.4 is 4.74 Å². The lowest BCUT2D eigenvalue weighted by atomic mass is 10.2. The number of aromatic nitrogens is 3. The average Bonchev–Trinajstić information content (AvgIpc) is 2.81. The van der Waals surface area contributed by atoms with E-state index in [0.29, 0.717) is 5.75 Å². The maximum absolute atomic E-state index is 12.6. The number of hydrogen-bond acceptors (Lipinski definition) is 3. The van der Waals surface area contributed by atoms with E-state index in [1.807, 2.05) is 30.5 Å². The number of nitrogens with zero attached hydrogens (tertiary/aromatic N) is 2. The standard InChI is InChI=1S/C12H8FN3O/c13-8-6-15-12(16-7-8)17-11-3-1-2-10-9(11)4-5-14-10/h1-7,14H. The van der Waals surface area contributed by atoms with Gasteiger partial charge >= 0.3 is 6.01 Å². The van der Waals surface area contributed by atoms with Crippen LogP contribution in [-0.2, 0) is 0 Å². The van der Waals surface area contributed by atoms with E-state index in [-0.39, 0.29) is 6.01 Å². The first-order valence-electron chi connectivity index (χ1n) is 5.04. The maximum Gasteiger partial charge on any atom is 0.322 e. The van der Waals surface area contributed by atoms with Gasteiger partial charge in [-0.05, 0) is 18.2 Å². The lowest BCUT2D eigenvalue weighted by Crippen LogP contribution is -1.92. The molecule has 0 fully saturated rings. The molecule has 0 aliphatic rings. The summed E-state index contributed by atoms with van der Waals surface area (Å²) in [6.45, 7) is 0. The highest BCUT2D eigenvalue weighted by Crippen LogP contribution is 2.27. The summed E-state index contributed by atoms with van der Waals surface area (Å²) in [5.74, 6) is 0.146. The SMILES string of the molecule is Fc1cnc(Oc2cccc3[nH]ccc23)nc1. The van der Waals surface area contributed by atoms with Crippen LogP contribution in [0.3, 0.4) is 0 Å². The van der Waals surface area contributed by atoms with E-state index in [4.69, 9.17) is 4.74 Å². The average molecular weight is 229 g/mol. The highest BCUT2D eigenvalue weighted by Gasteiger charge is 2.05. The van der Waals surface area contributed by atoms with Gasteiger partial charge in [0.15, 0.2) is 5.82 Å². The Labute approximate surface area is 96.1 Å². The number of H-pyrrole nitrogens is 1. The van der Waals surface area contributed by atoms with Gasteiger partial charge < -0.3 is 9.72 Å². The second-order valence-corrected chi connectivity index (χ2v) is 3.48. The van der Waals surface area contributed by atoms with Crippen molar-refractivity contribution in [1.82, 2.24) is 15.0 Å². The fourth-order valence-corrected chi connectivity index (χ4v) is 1.60. The second-order valence-electron chi connectivity index (χ2n) is 3.48. The number of benzene rings is 1. The number of halogens is 1. The molecule has 3 aromatic rings. The van der Waals surface area contributed by atoms with Crippen LogP contribution in [0.1, 0.15) is 0 Å². The summed E-state index contributed by atoms with van der Waals surface area (Å²) < 4.78 is 18.1. The molecule has 17 heavy (non-hydrogen) atoms. The van der Waals surface area contributed by atoms with Gasteiger partial charge in [-0.25, -0.2) is 14.4 Å². The van der Waals surface area contributed by atoms with Crippen molar-refractivity contribution >= 4 is 10.9 Å². The van der Waals surface area contributed by atoms with Gasteiger partial charge in [-0.2, -0.15) is 0 Å². The molecule has 0 aliphatic carbocycles. The Balaban J connectivity index is 1.99. The first kappa shape index (κ1) is 9.77. The zero-order valence-corrected chi connectivity index (χ0v) is 8.72. The molecule has 0 saturated heterocycles. The van der Waals surface area contributed by atoms with E-state index in [0.717, 1.165) is 23.3 Å². The largest absolute Gasteiger partial charge is 0.424 e. The van der Waals surface area contributed by atoms with Crippen LogP contribution in [0.2, 0.25) is 0 Å². The lowest BCUT2D eigenvalue weighted by molar-refractivity contribution is 0.441. The van der Waals surface area contributed by atoms with Crippen LogP contribution >= 0.6 is 0 Å². The molecule has 0 radical (unpaired) electrons. The predicted molar refractivity (Wildman–Crippen MR) is 60.4 cm³/mol. The van der Waals surface area contributed by atoms with Crippen molar-refractivity contribution in [3.05, 3.63) is 48.7 Å². The van der Waals surface area contributed by atoms with Crippen molar-refractivity contribution < 1.29 is 9.13 Å². The molecule has 0 aliphatic heterocycles. The number of rotatable bonds is 2. The maximum atomic E-state index is 12.6. The molecule has 84 valence electrons. The fraction of sp³-hybridized carbons (Fsp3) is 0. The predicted octanol–water partition coefficient (Wildman–Crippen LogP) is 2.89. The van der Waals surface area contributed by atoms with Gasteiger partial charge in [-0.1, -0.05) is 6.07 Å². The number of ether oxygens (including phenoxy) is 1. The Hall–Kier alpha value is -2.43. The summed E-state index contributed by atoms with van der Waals surface area (Å²) in [6.07, 6.45) is 3.96. The molecule has 0 amide bonds. The molecular formula is C12H8FN3O. The first-order valence-corrected chi connectivity index (χ1v) is 5.04. The third kappa shape index (κ3) is 1.82. The van der Waals surface area contributed by atoms with E-state index in [9.17, 15) is 4.39 Å². The lowest BCUT2D eigenvalue weighted by Gasteiger charge is -2.04. The molecule has 2 heterocycles. The smallest absolute Gasteiger partial charge is 0.322 e. The van der Waals surface area contributed by atoms with Gasteiger partial charge in [0, 0.05) is 17.1 Å². The zero-order valence-electron chi connectivity index (χ0n) is 8.72. The van der Waals surface area contributed by atoms with E-state index in [1.54, 1.807) is 0 Å². The summed E-state index contributed by atoms with van der Waals surface area (Å²) in [5.41, 5.74) is 0.963. The van der Waals surface area contributed by atoms with Crippen LogP contribution in [-0.4, -0.2) is 15.0 Å². The molecule has 0 unspecified atom stereocenters. The summed E-state index contributed by atoms with van der Waals surface area (Å²) in [4.78, 5) is 10.6. The molecule has 4 nitrogen and oxygen atoms in total. The molecule has 1 N–H and O–H groups in total. The highest BCUT2D eigenvalue weighted by atomic mass is 19.1. The van der Waals surface area contributed by atoms with Crippen LogP contribution in [0.5, 0.6) is 11.8 Å². The Morgan fingerprint density at radius 1 is 1.12 bits per heavy atom.